The fourth-order valence-corrected chi connectivity index (χ4v) is 2.48. The number of carbonyl (C=O) groups is 1. The van der Waals surface area contributed by atoms with Crippen LogP contribution in [0.25, 0.3) is 0 Å². The van der Waals surface area contributed by atoms with Crippen LogP contribution in [0.4, 0.5) is 10.5 Å². The molecule has 0 heterocycles. The molecule has 0 aliphatic carbocycles. The largest absolute Gasteiger partial charge is 0.491 e. The van der Waals surface area contributed by atoms with Crippen molar-refractivity contribution >= 4 is 11.7 Å². The zero-order valence-corrected chi connectivity index (χ0v) is 16.2. The van der Waals surface area contributed by atoms with E-state index in [4.69, 9.17) is 9.47 Å². The maximum absolute atomic E-state index is 11.9. The summed E-state index contributed by atoms with van der Waals surface area (Å²) in [5.41, 5.74) is 4.25. The maximum atomic E-state index is 11.9. The van der Waals surface area contributed by atoms with Gasteiger partial charge in [-0.2, -0.15) is 0 Å². The predicted molar refractivity (Wildman–Crippen MR) is 105 cm³/mol. The van der Waals surface area contributed by atoms with Gasteiger partial charge < -0.3 is 20.1 Å². The van der Waals surface area contributed by atoms with E-state index in [1.165, 1.54) is 11.1 Å². The zero-order chi connectivity index (χ0) is 19.1. The highest BCUT2D eigenvalue weighted by molar-refractivity contribution is 5.89. The first-order chi connectivity index (χ1) is 12.3. The molecule has 2 aromatic rings. The standard InChI is InChI=1S/C21H28N2O3/c1-14(2)26-19-8-6-18(7-9-19)23-21(24)22-10-11-25-20-13-16(4)15(3)12-17(20)5/h6-9,12-14H,10-11H2,1-5H3,(H2,22,23,24). The lowest BCUT2D eigenvalue weighted by atomic mass is 10.1. The molecule has 0 aliphatic rings. The summed E-state index contributed by atoms with van der Waals surface area (Å²) in [4.78, 5) is 11.9. The second-order valence-corrected chi connectivity index (χ2v) is 6.62. The van der Waals surface area contributed by atoms with Crippen molar-refractivity contribution in [3.63, 3.8) is 0 Å². The SMILES string of the molecule is Cc1cc(C)c(OCCNC(=O)Nc2ccc(OC(C)C)cc2)cc1C. The Morgan fingerprint density at radius 1 is 1.00 bits per heavy atom. The second-order valence-electron chi connectivity index (χ2n) is 6.62. The molecule has 0 atom stereocenters. The number of aryl methyl sites for hydroxylation is 3. The van der Waals surface area contributed by atoms with Gasteiger partial charge in [-0.1, -0.05) is 6.07 Å². The van der Waals surface area contributed by atoms with Crippen LogP contribution in [0, 0.1) is 20.8 Å². The molecular weight excluding hydrogens is 328 g/mol. The molecule has 0 fully saturated rings. The van der Waals surface area contributed by atoms with Crippen molar-refractivity contribution in [2.75, 3.05) is 18.5 Å². The van der Waals surface area contributed by atoms with Crippen LogP contribution in [0.3, 0.4) is 0 Å². The van der Waals surface area contributed by atoms with Crippen LogP contribution in [-0.4, -0.2) is 25.3 Å². The summed E-state index contributed by atoms with van der Waals surface area (Å²) in [7, 11) is 0. The third-order valence-electron chi connectivity index (χ3n) is 3.92. The van der Waals surface area contributed by atoms with E-state index in [1.807, 2.05) is 51.1 Å². The van der Waals surface area contributed by atoms with E-state index < -0.39 is 0 Å². The molecule has 0 radical (unpaired) electrons. The Kier molecular flexibility index (Phi) is 6.89. The first-order valence-electron chi connectivity index (χ1n) is 8.87. The van der Waals surface area contributed by atoms with Crippen molar-refractivity contribution < 1.29 is 14.3 Å². The summed E-state index contributed by atoms with van der Waals surface area (Å²) in [5.74, 6) is 1.64. The number of hydrogen-bond donors (Lipinski definition) is 2. The monoisotopic (exact) mass is 356 g/mol. The predicted octanol–water partition coefficient (Wildman–Crippen LogP) is 4.60. The van der Waals surface area contributed by atoms with Gasteiger partial charge in [0.05, 0.1) is 12.6 Å². The fourth-order valence-electron chi connectivity index (χ4n) is 2.48. The summed E-state index contributed by atoms with van der Waals surface area (Å²) in [6.45, 7) is 11.0. The zero-order valence-electron chi connectivity index (χ0n) is 16.2. The van der Waals surface area contributed by atoms with Crippen molar-refractivity contribution in [2.24, 2.45) is 0 Å². The van der Waals surface area contributed by atoms with Crippen LogP contribution in [0.5, 0.6) is 11.5 Å². The lowest BCUT2D eigenvalue weighted by Crippen LogP contribution is -2.32. The van der Waals surface area contributed by atoms with Gasteiger partial charge in [-0.3, -0.25) is 0 Å². The third-order valence-corrected chi connectivity index (χ3v) is 3.92. The van der Waals surface area contributed by atoms with Crippen molar-refractivity contribution in [3.05, 3.63) is 53.1 Å². The first kappa shape index (κ1) is 19.6. The van der Waals surface area contributed by atoms with E-state index in [0.29, 0.717) is 18.8 Å². The number of benzene rings is 2. The number of ether oxygens (including phenoxy) is 2. The number of amides is 2. The Morgan fingerprint density at radius 2 is 1.65 bits per heavy atom. The van der Waals surface area contributed by atoms with Crippen molar-refractivity contribution in [1.82, 2.24) is 5.32 Å². The number of carbonyl (C=O) groups excluding carboxylic acids is 1. The van der Waals surface area contributed by atoms with E-state index in [2.05, 4.69) is 30.5 Å². The summed E-state index contributed by atoms with van der Waals surface area (Å²) < 4.78 is 11.3. The molecule has 26 heavy (non-hydrogen) atoms. The van der Waals surface area contributed by atoms with Crippen molar-refractivity contribution in [3.8, 4) is 11.5 Å². The molecule has 2 amide bonds. The summed E-state index contributed by atoms with van der Waals surface area (Å²) in [6, 6.07) is 11.2. The van der Waals surface area contributed by atoms with E-state index in [-0.39, 0.29) is 12.1 Å². The minimum Gasteiger partial charge on any atom is -0.491 e. The molecule has 2 aromatic carbocycles. The first-order valence-corrected chi connectivity index (χ1v) is 8.87. The van der Waals surface area contributed by atoms with Crippen LogP contribution in [0.15, 0.2) is 36.4 Å². The van der Waals surface area contributed by atoms with Crippen molar-refractivity contribution in [1.29, 1.82) is 0 Å². The van der Waals surface area contributed by atoms with Crippen LogP contribution in [-0.2, 0) is 0 Å². The minimum absolute atomic E-state index is 0.123. The molecule has 0 saturated carbocycles. The Bertz CT molecular complexity index is 740. The highest BCUT2D eigenvalue weighted by Crippen LogP contribution is 2.22. The fraction of sp³-hybridized carbons (Fsp3) is 0.381. The van der Waals surface area contributed by atoms with Gasteiger partial charge in [0.25, 0.3) is 0 Å². The van der Waals surface area contributed by atoms with E-state index in [0.717, 1.165) is 17.1 Å². The van der Waals surface area contributed by atoms with Crippen LogP contribution >= 0.6 is 0 Å². The smallest absolute Gasteiger partial charge is 0.319 e. The molecule has 140 valence electrons. The number of rotatable bonds is 7. The van der Waals surface area contributed by atoms with Gasteiger partial charge in [0.1, 0.15) is 18.1 Å². The Hall–Kier alpha value is -2.69. The molecule has 2 rings (SSSR count). The van der Waals surface area contributed by atoms with Crippen LogP contribution in [0.1, 0.15) is 30.5 Å². The summed E-state index contributed by atoms with van der Waals surface area (Å²) in [5, 5.41) is 5.58. The highest BCUT2D eigenvalue weighted by Gasteiger charge is 2.05. The van der Waals surface area contributed by atoms with E-state index >= 15 is 0 Å². The van der Waals surface area contributed by atoms with Gasteiger partial charge in [-0.15, -0.1) is 0 Å². The van der Waals surface area contributed by atoms with Gasteiger partial charge in [-0.25, -0.2) is 4.79 Å². The summed E-state index contributed by atoms with van der Waals surface area (Å²) in [6.07, 6.45) is 0.123. The number of hydrogen-bond acceptors (Lipinski definition) is 3. The molecule has 5 nitrogen and oxygen atoms in total. The normalized spacial score (nSPS) is 10.5. The third kappa shape index (κ3) is 5.99. The lowest BCUT2D eigenvalue weighted by molar-refractivity contribution is 0.242. The topological polar surface area (TPSA) is 59.6 Å². The van der Waals surface area contributed by atoms with Crippen LogP contribution < -0.4 is 20.1 Å². The van der Waals surface area contributed by atoms with Gasteiger partial charge in [-0.05, 0) is 81.6 Å². The van der Waals surface area contributed by atoms with E-state index in [1.54, 1.807) is 0 Å². The molecule has 0 aromatic heterocycles. The second kappa shape index (κ2) is 9.13. The molecule has 0 spiro atoms. The molecule has 2 N–H and O–H groups in total. The number of nitrogens with one attached hydrogen (secondary N) is 2. The van der Waals surface area contributed by atoms with Crippen LogP contribution in [0.2, 0.25) is 0 Å². The molecule has 5 heteroatoms. The summed E-state index contributed by atoms with van der Waals surface area (Å²) >= 11 is 0. The minimum atomic E-state index is -0.261. The average Bonchev–Trinajstić information content (AvgIpc) is 2.57. The Morgan fingerprint density at radius 3 is 2.31 bits per heavy atom. The Balaban J connectivity index is 1.74. The van der Waals surface area contributed by atoms with Crippen molar-refractivity contribution in [2.45, 2.75) is 40.7 Å². The molecule has 0 aliphatic heterocycles. The lowest BCUT2D eigenvalue weighted by Gasteiger charge is -2.13. The average molecular weight is 356 g/mol. The van der Waals surface area contributed by atoms with Gasteiger partial charge in [0.2, 0.25) is 0 Å². The molecule has 0 saturated heterocycles. The molecule has 0 unspecified atom stereocenters. The number of urea groups is 1. The number of anilines is 1. The molecular formula is C21H28N2O3. The van der Waals surface area contributed by atoms with Gasteiger partial charge >= 0.3 is 6.03 Å². The van der Waals surface area contributed by atoms with Gasteiger partial charge in [0.15, 0.2) is 0 Å². The van der Waals surface area contributed by atoms with Gasteiger partial charge in [0, 0.05) is 5.69 Å². The maximum Gasteiger partial charge on any atom is 0.319 e. The Labute approximate surface area is 155 Å². The molecule has 0 bridgehead atoms. The van der Waals surface area contributed by atoms with E-state index in [9.17, 15) is 4.79 Å². The highest BCUT2D eigenvalue weighted by atomic mass is 16.5. The quantitative estimate of drug-likeness (QED) is 0.713.